The molecule has 20 heavy (non-hydrogen) atoms. The molecule has 0 radical (unpaired) electrons. The molecule has 0 atom stereocenters. The number of benzene rings is 1. The quantitative estimate of drug-likeness (QED) is 0.617. The van der Waals surface area contributed by atoms with Gasteiger partial charge in [0.25, 0.3) is 0 Å². The van der Waals surface area contributed by atoms with E-state index in [1.54, 1.807) is 12.1 Å². The first-order chi connectivity index (χ1) is 9.56. The summed E-state index contributed by atoms with van der Waals surface area (Å²) >= 11 is 0. The molecule has 114 valence electrons. The average Bonchev–Trinajstić information content (AvgIpc) is 2.45. The maximum atomic E-state index is 12.3. The van der Waals surface area contributed by atoms with Gasteiger partial charge in [0.05, 0.1) is 18.1 Å². The van der Waals surface area contributed by atoms with Crippen LogP contribution in [0.25, 0.3) is 0 Å². The molecule has 0 aliphatic rings. The van der Waals surface area contributed by atoms with Gasteiger partial charge in [-0.1, -0.05) is 6.92 Å². The van der Waals surface area contributed by atoms with Crippen LogP contribution in [0.3, 0.4) is 0 Å². The Morgan fingerprint density at radius 3 is 2.10 bits per heavy atom. The molecule has 0 unspecified atom stereocenters. The number of aliphatic hydroxyl groups excluding tert-OH is 2. The Morgan fingerprint density at radius 2 is 1.65 bits per heavy atom. The van der Waals surface area contributed by atoms with Crippen LogP contribution >= 0.6 is 0 Å². The minimum atomic E-state index is -3.68. The van der Waals surface area contributed by atoms with Gasteiger partial charge in [0.15, 0.2) is 0 Å². The van der Waals surface area contributed by atoms with Gasteiger partial charge in [-0.3, -0.25) is 0 Å². The van der Waals surface area contributed by atoms with Crippen LogP contribution in [0.4, 0.5) is 5.69 Å². The van der Waals surface area contributed by atoms with Crippen molar-refractivity contribution in [3.05, 3.63) is 24.3 Å². The Labute approximate surface area is 120 Å². The van der Waals surface area contributed by atoms with Gasteiger partial charge in [-0.05, 0) is 30.7 Å². The van der Waals surface area contributed by atoms with Crippen molar-refractivity contribution in [2.24, 2.45) is 0 Å². The Hall–Kier alpha value is -1.15. The molecule has 6 nitrogen and oxygen atoms in total. The molecule has 1 aromatic carbocycles. The highest BCUT2D eigenvalue weighted by molar-refractivity contribution is 7.89. The second-order valence-electron chi connectivity index (χ2n) is 4.30. The lowest BCUT2D eigenvalue weighted by Gasteiger charge is -2.20. The van der Waals surface area contributed by atoms with Gasteiger partial charge < -0.3 is 15.5 Å². The predicted octanol–water partition coefficient (Wildman–Crippen LogP) is 0.484. The van der Waals surface area contributed by atoms with Crippen LogP contribution in [-0.4, -0.2) is 55.8 Å². The zero-order valence-electron chi connectivity index (χ0n) is 11.6. The van der Waals surface area contributed by atoms with Crippen LogP contribution in [0, 0.1) is 0 Å². The summed E-state index contributed by atoms with van der Waals surface area (Å²) in [5.41, 5.74) is 0.863. The molecule has 0 aliphatic carbocycles. The first-order valence-electron chi connectivity index (χ1n) is 6.62. The summed E-state index contributed by atoms with van der Waals surface area (Å²) in [4.78, 5) is 0.154. The van der Waals surface area contributed by atoms with Crippen LogP contribution < -0.4 is 5.32 Å². The predicted molar refractivity (Wildman–Crippen MR) is 78.2 cm³/mol. The Kier molecular flexibility index (Phi) is 6.94. The number of nitrogens with one attached hydrogen (secondary N) is 1. The van der Waals surface area contributed by atoms with E-state index in [0.717, 1.165) is 23.0 Å². The monoisotopic (exact) mass is 302 g/mol. The van der Waals surface area contributed by atoms with Gasteiger partial charge in [-0.25, -0.2) is 8.42 Å². The Bertz CT molecular complexity index is 482. The third-order valence-corrected chi connectivity index (χ3v) is 4.68. The van der Waals surface area contributed by atoms with E-state index < -0.39 is 10.0 Å². The number of rotatable bonds is 9. The lowest BCUT2D eigenvalue weighted by Crippen LogP contribution is -2.35. The van der Waals surface area contributed by atoms with E-state index in [9.17, 15) is 8.42 Å². The molecule has 0 aromatic heterocycles. The van der Waals surface area contributed by atoms with Gasteiger partial charge in [0.1, 0.15) is 0 Å². The molecule has 0 saturated carbocycles. The number of aliphatic hydroxyl groups is 2. The first-order valence-corrected chi connectivity index (χ1v) is 8.06. The van der Waals surface area contributed by atoms with Crippen molar-refractivity contribution in [2.45, 2.75) is 18.2 Å². The summed E-state index contributed by atoms with van der Waals surface area (Å²) in [6.45, 7) is 2.25. The van der Waals surface area contributed by atoms with Gasteiger partial charge in [-0.15, -0.1) is 0 Å². The molecule has 0 fully saturated rings. The van der Waals surface area contributed by atoms with Crippen molar-refractivity contribution in [1.29, 1.82) is 0 Å². The maximum Gasteiger partial charge on any atom is 0.243 e. The molecule has 0 bridgehead atoms. The zero-order chi connectivity index (χ0) is 15.0. The topological polar surface area (TPSA) is 89.9 Å². The molecule has 1 aromatic rings. The van der Waals surface area contributed by atoms with Crippen LogP contribution in [0.5, 0.6) is 0 Å². The van der Waals surface area contributed by atoms with Gasteiger partial charge in [0, 0.05) is 25.3 Å². The summed E-state index contributed by atoms with van der Waals surface area (Å²) in [5, 5.41) is 21.0. The summed E-state index contributed by atoms with van der Waals surface area (Å²) in [7, 11) is -3.68. The van der Waals surface area contributed by atoms with Crippen molar-refractivity contribution in [3.8, 4) is 0 Å². The number of hydrogen-bond donors (Lipinski definition) is 3. The highest BCUT2D eigenvalue weighted by Crippen LogP contribution is 2.18. The minimum Gasteiger partial charge on any atom is -0.395 e. The fraction of sp³-hybridized carbons (Fsp3) is 0.538. The Morgan fingerprint density at radius 1 is 1.10 bits per heavy atom. The van der Waals surface area contributed by atoms with E-state index in [2.05, 4.69) is 5.32 Å². The van der Waals surface area contributed by atoms with Crippen molar-refractivity contribution in [1.82, 2.24) is 4.31 Å². The number of hydrogen-bond acceptors (Lipinski definition) is 5. The van der Waals surface area contributed by atoms with Crippen LogP contribution in [-0.2, 0) is 10.0 Å². The van der Waals surface area contributed by atoms with Crippen LogP contribution in [0.15, 0.2) is 29.2 Å². The number of anilines is 1. The van der Waals surface area contributed by atoms with Gasteiger partial charge in [0.2, 0.25) is 10.0 Å². The fourth-order valence-electron chi connectivity index (χ4n) is 1.74. The molecular formula is C13H22N2O4S. The van der Waals surface area contributed by atoms with E-state index in [-0.39, 0.29) is 31.2 Å². The van der Waals surface area contributed by atoms with E-state index in [1.165, 1.54) is 12.1 Å². The van der Waals surface area contributed by atoms with Crippen molar-refractivity contribution in [3.63, 3.8) is 0 Å². The van der Waals surface area contributed by atoms with Crippen molar-refractivity contribution < 1.29 is 18.6 Å². The molecule has 0 spiro atoms. The second-order valence-corrected chi connectivity index (χ2v) is 6.24. The number of sulfonamides is 1. The molecule has 1 rings (SSSR count). The Balaban J connectivity index is 2.90. The molecule has 0 saturated heterocycles. The van der Waals surface area contributed by atoms with Gasteiger partial charge in [-0.2, -0.15) is 4.31 Å². The average molecular weight is 302 g/mol. The van der Waals surface area contributed by atoms with E-state index in [4.69, 9.17) is 10.2 Å². The molecule has 3 N–H and O–H groups in total. The SMILES string of the molecule is CCCNc1ccc(S(=O)(=O)N(CCO)CCO)cc1. The second kappa shape index (κ2) is 8.21. The standard InChI is InChI=1S/C13H22N2O4S/c1-2-7-14-12-3-5-13(6-4-12)20(18,19)15(8-10-16)9-11-17/h3-6,14,16-17H,2,7-11H2,1H3. The molecule has 0 heterocycles. The van der Waals surface area contributed by atoms with E-state index in [0.29, 0.717) is 0 Å². The smallest absolute Gasteiger partial charge is 0.243 e. The normalized spacial score (nSPS) is 11.8. The van der Waals surface area contributed by atoms with Crippen LogP contribution in [0.2, 0.25) is 0 Å². The largest absolute Gasteiger partial charge is 0.395 e. The minimum absolute atomic E-state index is 0.0290. The molecule has 0 amide bonds. The highest BCUT2D eigenvalue weighted by Gasteiger charge is 2.23. The molecular weight excluding hydrogens is 280 g/mol. The van der Waals surface area contributed by atoms with Crippen LogP contribution in [0.1, 0.15) is 13.3 Å². The molecule has 7 heteroatoms. The van der Waals surface area contributed by atoms with Crippen molar-refractivity contribution in [2.75, 3.05) is 38.2 Å². The third-order valence-electron chi connectivity index (χ3n) is 2.77. The third kappa shape index (κ3) is 4.45. The lowest BCUT2D eigenvalue weighted by atomic mass is 10.3. The number of nitrogens with zero attached hydrogens (tertiary/aromatic N) is 1. The zero-order valence-corrected chi connectivity index (χ0v) is 12.4. The van der Waals surface area contributed by atoms with Crippen molar-refractivity contribution >= 4 is 15.7 Å². The summed E-state index contributed by atoms with van der Waals surface area (Å²) < 4.78 is 25.7. The highest BCUT2D eigenvalue weighted by atomic mass is 32.2. The van der Waals surface area contributed by atoms with Gasteiger partial charge >= 0.3 is 0 Å². The van der Waals surface area contributed by atoms with E-state index >= 15 is 0 Å². The molecule has 0 aliphatic heterocycles. The summed E-state index contributed by atoms with van der Waals surface area (Å²) in [5.74, 6) is 0. The maximum absolute atomic E-state index is 12.3. The first kappa shape index (κ1) is 16.9. The lowest BCUT2D eigenvalue weighted by molar-refractivity contribution is 0.217. The fourth-order valence-corrected chi connectivity index (χ4v) is 3.16. The summed E-state index contributed by atoms with van der Waals surface area (Å²) in [6, 6.07) is 6.46. The summed E-state index contributed by atoms with van der Waals surface area (Å²) in [6.07, 6.45) is 0.987. The van der Waals surface area contributed by atoms with E-state index in [1.807, 2.05) is 6.92 Å².